The summed E-state index contributed by atoms with van der Waals surface area (Å²) < 4.78 is 26.3. The van der Waals surface area contributed by atoms with Crippen molar-refractivity contribution in [2.75, 3.05) is 6.26 Å². The first-order valence-corrected chi connectivity index (χ1v) is 8.83. The molecule has 21 heavy (non-hydrogen) atoms. The maximum atomic E-state index is 10.9. The lowest BCUT2D eigenvalue weighted by Crippen LogP contribution is -1.99. The fraction of sp³-hybridized carbons (Fsp3) is 0.286. The average molecular weight is 322 g/mol. The summed E-state index contributed by atoms with van der Waals surface area (Å²) in [6.45, 7) is 2.00. The van der Waals surface area contributed by atoms with Crippen molar-refractivity contribution in [1.29, 1.82) is 5.26 Å². The van der Waals surface area contributed by atoms with Crippen LogP contribution in [-0.2, 0) is 14.4 Å². The summed E-state index contributed by atoms with van der Waals surface area (Å²) in [4.78, 5) is 1.00. The van der Waals surface area contributed by atoms with E-state index in [1.807, 2.05) is 25.2 Å². The lowest BCUT2D eigenvalue weighted by Gasteiger charge is -2.16. The number of nitriles is 1. The average Bonchev–Trinajstić information content (AvgIpc) is 2.87. The Hall–Kier alpha value is -1.78. The molecule has 2 aliphatic rings. The van der Waals surface area contributed by atoms with E-state index in [0.29, 0.717) is 11.5 Å². The molecule has 110 valence electrons. The molecule has 0 aromatic heterocycles. The lowest BCUT2D eigenvalue weighted by atomic mass is 9.92. The van der Waals surface area contributed by atoms with Crippen molar-refractivity contribution >= 4 is 26.9 Å². The maximum Gasteiger partial charge on any atom is 0.325 e. The van der Waals surface area contributed by atoms with Gasteiger partial charge in [0.1, 0.15) is 5.04 Å². The van der Waals surface area contributed by atoms with Gasteiger partial charge in [-0.1, -0.05) is 29.1 Å². The summed E-state index contributed by atoms with van der Waals surface area (Å²) in [5, 5.41) is 12.9. The zero-order valence-electron chi connectivity index (χ0n) is 11.7. The van der Waals surface area contributed by atoms with Crippen LogP contribution in [0.25, 0.3) is 0 Å². The van der Waals surface area contributed by atoms with E-state index in [9.17, 15) is 8.42 Å². The predicted octanol–water partition coefficient (Wildman–Crippen LogP) is 3.02. The quantitative estimate of drug-likeness (QED) is 0.746. The van der Waals surface area contributed by atoms with E-state index in [0.717, 1.165) is 34.3 Å². The third-order valence-corrected chi connectivity index (χ3v) is 4.36. The first kappa shape index (κ1) is 15.6. The highest BCUT2D eigenvalue weighted by Gasteiger charge is 2.18. The fourth-order valence-electron chi connectivity index (χ4n) is 2.00. The van der Waals surface area contributed by atoms with Crippen LogP contribution in [0.3, 0.4) is 0 Å². The monoisotopic (exact) mass is 322 g/mol. The van der Waals surface area contributed by atoms with E-state index in [1.54, 1.807) is 6.08 Å². The van der Waals surface area contributed by atoms with E-state index in [4.69, 9.17) is 5.26 Å². The molecule has 0 atom stereocenters. The van der Waals surface area contributed by atoms with Gasteiger partial charge in [-0.15, -0.1) is 0 Å². The van der Waals surface area contributed by atoms with Gasteiger partial charge in [0.25, 0.3) is 0 Å². The minimum absolute atomic E-state index is 0.381. The number of thioether (sulfide) groups is 1. The smallest absolute Gasteiger partial charge is 0.268 e. The highest BCUT2D eigenvalue weighted by atomic mass is 32.2. The summed E-state index contributed by atoms with van der Waals surface area (Å²) in [5.41, 5.74) is 3.24. The number of hydrogen-bond acceptors (Lipinski definition) is 6. The van der Waals surface area contributed by atoms with Gasteiger partial charge in [-0.05, 0) is 42.2 Å². The summed E-state index contributed by atoms with van der Waals surface area (Å²) in [6.07, 6.45) is 9.73. The van der Waals surface area contributed by atoms with Gasteiger partial charge in [0.15, 0.2) is 0 Å². The van der Waals surface area contributed by atoms with Gasteiger partial charge >= 0.3 is 10.1 Å². The van der Waals surface area contributed by atoms with Gasteiger partial charge in [0.2, 0.25) is 0 Å². The molecular formula is C14H14N2O3S2. The predicted molar refractivity (Wildman–Crippen MR) is 83.8 cm³/mol. The van der Waals surface area contributed by atoms with Crippen LogP contribution in [0.1, 0.15) is 19.8 Å². The highest BCUT2D eigenvalue weighted by Crippen LogP contribution is 2.37. The van der Waals surface area contributed by atoms with Crippen LogP contribution < -0.4 is 0 Å². The molecule has 0 aromatic carbocycles. The molecule has 5 nitrogen and oxygen atoms in total. The van der Waals surface area contributed by atoms with Gasteiger partial charge in [0, 0.05) is 4.91 Å². The molecule has 0 spiro atoms. The Balaban J connectivity index is 2.23. The second kappa shape index (κ2) is 6.33. The van der Waals surface area contributed by atoms with Crippen LogP contribution in [0.4, 0.5) is 0 Å². The van der Waals surface area contributed by atoms with Gasteiger partial charge in [-0.25, -0.2) is 0 Å². The Morgan fingerprint density at radius 1 is 1.43 bits per heavy atom. The van der Waals surface area contributed by atoms with Crippen LogP contribution in [0, 0.1) is 11.3 Å². The van der Waals surface area contributed by atoms with Crippen molar-refractivity contribution in [3.05, 3.63) is 45.9 Å². The molecule has 1 aliphatic carbocycles. The zero-order chi connectivity index (χ0) is 15.5. The van der Waals surface area contributed by atoms with Crippen molar-refractivity contribution in [2.24, 2.45) is 5.16 Å². The Kier molecular flexibility index (Phi) is 4.70. The number of rotatable bonds is 3. The normalized spacial score (nSPS) is 23.8. The fourth-order valence-corrected chi connectivity index (χ4v) is 3.19. The molecule has 0 amide bonds. The first-order valence-electron chi connectivity index (χ1n) is 6.20. The van der Waals surface area contributed by atoms with Crippen molar-refractivity contribution < 1.29 is 12.7 Å². The van der Waals surface area contributed by atoms with E-state index < -0.39 is 10.1 Å². The number of oxime groups is 1. The molecule has 0 unspecified atom stereocenters. The van der Waals surface area contributed by atoms with Crippen molar-refractivity contribution in [2.45, 2.75) is 19.8 Å². The first-order chi connectivity index (χ1) is 9.90. The molecule has 0 radical (unpaired) electrons. The van der Waals surface area contributed by atoms with Gasteiger partial charge in [-0.3, -0.25) is 4.28 Å². The van der Waals surface area contributed by atoms with Crippen molar-refractivity contribution in [3.8, 4) is 6.07 Å². The number of allylic oxidation sites excluding steroid dienone is 6. The van der Waals surface area contributed by atoms with E-state index in [2.05, 4.69) is 15.5 Å². The van der Waals surface area contributed by atoms with E-state index >= 15 is 0 Å². The van der Waals surface area contributed by atoms with Gasteiger partial charge in [-0.2, -0.15) is 13.7 Å². The maximum absolute atomic E-state index is 10.9. The summed E-state index contributed by atoms with van der Waals surface area (Å²) in [5.74, 6) is 0. The van der Waals surface area contributed by atoms with Crippen molar-refractivity contribution in [3.63, 3.8) is 0 Å². The number of nitrogens with zero attached hydrogens (tertiary/aromatic N) is 2. The van der Waals surface area contributed by atoms with E-state index in [-0.39, 0.29) is 0 Å². The Labute approximate surface area is 128 Å². The van der Waals surface area contributed by atoms with E-state index in [1.165, 1.54) is 11.8 Å². The van der Waals surface area contributed by atoms with Crippen LogP contribution in [-0.4, -0.2) is 19.7 Å². The Morgan fingerprint density at radius 3 is 2.86 bits per heavy atom. The summed E-state index contributed by atoms with van der Waals surface area (Å²) in [7, 11) is -3.59. The Bertz CT molecular complexity index is 748. The topological polar surface area (TPSA) is 79.5 Å². The molecule has 0 fully saturated rings. The Morgan fingerprint density at radius 2 is 2.19 bits per heavy atom. The highest BCUT2D eigenvalue weighted by molar-refractivity contribution is 8.18. The van der Waals surface area contributed by atoms with Gasteiger partial charge < -0.3 is 0 Å². The summed E-state index contributed by atoms with van der Waals surface area (Å²) >= 11 is 1.36. The minimum Gasteiger partial charge on any atom is -0.268 e. The second-order valence-electron chi connectivity index (χ2n) is 4.58. The third kappa shape index (κ3) is 4.09. The molecule has 0 aromatic rings. The SMILES string of the molecule is CC1=C(CC#N)C=CCC1=C1C=CC(=NOS(C)(=O)=O)S1. The molecule has 0 saturated carbocycles. The van der Waals surface area contributed by atoms with Gasteiger partial charge in [0.05, 0.1) is 18.7 Å². The second-order valence-corrected chi connectivity index (χ2v) is 7.20. The molecule has 0 saturated heterocycles. The molecule has 0 N–H and O–H groups in total. The molecule has 1 heterocycles. The zero-order valence-corrected chi connectivity index (χ0v) is 13.3. The van der Waals surface area contributed by atoms with Crippen molar-refractivity contribution in [1.82, 2.24) is 0 Å². The van der Waals surface area contributed by atoms with Crippen LogP contribution in [0.15, 0.2) is 51.1 Å². The number of hydrogen-bond donors (Lipinski definition) is 0. The standard InChI is InChI=1S/C14H14N2O3S2/c1-10-11(8-9-15)4-3-5-12(10)13-6-7-14(20-13)16-19-21(2,17)18/h3-4,6-7H,5,8H2,1-2H3. The molecule has 1 aliphatic heterocycles. The lowest BCUT2D eigenvalue weighted by molar-refractivity contribution is 0.345. The van der Waals surface area contributed by atoms with Crippen LogP contribution >= 0.6 is 11.8 Å². The van der Waals surface area contributed by atoms with Crippen LogP contribution in [0.2, 0.25) is 0 Å². The largest absolute Gasteiger partial charge is 0.325 e. The molecule has 0 bridgehead atoms. The minimum atomic E-state index is -3.59. The third-order valence-electron chi connectivity index (χ3n) is 3.00. The summed E-state index contributed by atoms with van der Waals surface area (Å²) in [6, 6.07) is 2.16. The molecule has 2 rings (SSSR count). The molecule has 7 heteroatoms. The molecular weight excluding hydrogens is 308 g/mol. The van der Waals surface area contributed by atoms with Crippen LogP contribution in [0.5, 0.6) is 0 Å².